The molecule has 0 saturated heterocycles. The third kappa shape index (κ3) is 6.70. The van der Waals surface area contributed by atoms with Crippen molar-refractivity contribution in [1.29, 1.82) is 0 Å². The van der Waals surface area contributed by atoms with Crippen molar-refractivity contribution in [3.8, 4) is 11.4 Å². The van der Waals surface area contributed by atoms with E-state index in [2.05, 4.69) is 105 Å². The van der Waals surface area contributed by atoms with Gasteiger partial charge in [0.05, 0.1) is 28.8 Å². The molecule has 0 atom stereocenters. The fourth-order valence-electron chi connectivity index (χ4n) is 7.52. The van der Waals surface area contributed by atoms with Crippen LogP contribution in [0.3, 0.4) is 0 Å². The van der Waals surface area contributed by atoms with Crippen LogP contribution in [0, 0.1) is 0 Å². The van der Waals surface area contributed by atoms with Gasteiger partial charge < -0.3 is 13.7 Å². The summed E-state index contributed by atoms with van der Waals surface area (Å²) >= 11 is 0. The Balaban J connectivity index is 1.22. The maximum atomic E-state index is 5.43. The Morgan fingerprint density at radius 2 is 1.09 bits per heavy atom. The summed E-state index contributed by atoms with van der Waals surface area (Å²) in [6.07, 6.45) is 4.16. The summed E-state index contributed by atoms with van der Waals surface area (Å²) in [6.45, 7) is 8.40. The maximum Gasteiger partial charge on any atom is 0.161 e. The van der Waals surface area contributed by atoms with Gasteiger partial charge in [-0.3, -0.25) is 9.98 Å². The van der Waals surface area contributed by atoms with Gasteiger partial charge in [-0.05, 0) is 62.0 Å². The van der Waals surface area contributed by atoms with E-state index >= 15 is 0 Å². The van der Waals surface area contributed by atoms with Crippen molar-refractivity contribution in [1.82, 2.24) is 13.7 Å². The van der Waals surface area contributed by atoms with E-state index in [-0.39, 0.29) is 6.54 Å². The van der Waals surface area contributed by atoms with E-state index in [1.54, 1.807) is 0 Å². The lowest BCUT2D eigenvalue weighted by molar-refractivity contribution is 0.792. The standard InChI is InChI=1S/C49H38N8/c1-50-47(35-17-7-3-8-18-35)54-48(36-19-9-4-10-20-36)52-33-43(41-29-32-56(49(41)51-2)38-23-13-6-14-24-38)53-34-57-44-26-16-15-25-39(44)40-27-28-45-42(46(40)57)30-31-55(45)37-21-11-5-12-22-37/h3-32H,1-2,33-34H2/b52-48?,53-43-,54-47?. The average Bonchev–Trinajstić information content (AvgIpc) is 4.00. The summed E-state index contributed by atoms with van der Waals surface area (Å²) in [5, 5.41) is 3.50. The average molecular weight is 739 g/mol. The van der Waals surface area contributed by atoms with Crippen molar-refractivity contribution in [3.63, 3.8) is 0 Å². The highest BCUT2D eigenvalue weighted by molar-refractivity contribution is 6.18. The second kappa shape index (κ2) is 15.6. The van der Waals surface area contributed by atoms with Crippen LogP contribution in [-0.4, -0.2) is 51.1 Å². The molecule has 8 heteroatoms. The lowest BCUT2D eigenvalue weighted by Crippen LogP contribution is -2.12. The first kappa shape index (κ1) is 35.0. The predicted molar refractivity (Wildman–Crippen MR) is 238 cm³/mol. The molecule has 9 rings (SSSR count). The largest absolute Gasteiger partial charge is 0.320 e. The van der Waals surface area contributed by atoms with E-state index in [1.807, 2.05) is 114 Å². The van der Waals surface area contributed by atoms with Crippen LogP contribution < -0.4 is 0 Å². The minimum Gasteiger partial charge on any atom is -0.320 e. The number of benzene rings is 6. The Morgan fingerprint density at radius 3 is 1.75 bits per heavy atom. The van der Waals surface area contributed by atoms with Crippen LogP contribution in [0.1, 0.15) is 16.7 Å². The van der Waals surface area contributed by atoms with E-state index in [4.69, 9.17) is 15.0 Å². The van der Waals surface area contributed by atoms with Gasteiger partial charge in [-0.15, -0.1) is 0 Å². The van der Waals surface area contributed by atoms with E-state index < -0.39 is 0 Å². The van der Waals surface area contributed by atoms with Gasteiger partial charge in [-0.25, -0.2) is 15.0 Å². The number of aromatic nitrogens is 3. The highest BCUT2D eigenvalue weighted by atomic mass is 15.1. The molecule has 0 fully saturated rings. The molecule has 0 saturated carbocycles. The predicted octanol–water partition coefficient (Wildman–Crippen LogP) is 10.9. The molecule has 274 valence electrons. The first-order valence-electron chi connectivity index (χ1n) is 18.8. The van der Waals surface area contributed by atoms with Crippen molar-refractivity contribution in [2.75, 3.05) is 6.54 Å². The summed E-state index contributed by atoms with van der Waals surface area (Å²) in [7, 11) is 0. The number of nitrogens with zero attached hydrogens (tertiary/aromatic N) is 8. The van der Waals surface area contributed by atoms with Gasteiger partial charge in [0.25, 0.3) is 0 Å². The molecule has 0 aliphatic carbocycles. The number of para-hydroxylation sites is 3. The Labute approximate surface area is 330 Å². The normalized spacial score (nSPS) is 12.5. The fourth-order valence-corrected chi connectivity index (χ4v) is 7.52. The first-order valence-corrected chi connectivity index (χ1v) is 18.8. The van der Waals surface area contributed by atoms with Gasteiger partial charge >= 0.3 is 0 Å². The molecule has 8 nitrogen and oxygen atoms in total. The van der Waals surface area contributed by atoms with Gasteiger partial charge in [0.1, 0.15) is 12.5 Å². The molecule has 3 aromatic heterocycles. The summed E-state index contributed by atoms with van der Waals surface area (Å²) in [5.41, 5.74) is 8.70. The quantitative estimate of drug-likeness (QED) is 0.0989. The molecule has 6 aromatic carbocycles. The molecule has 57 heavy (non-hydrogen) atoms. The Hall–Kier alpha value is -7.71. The molecule has 0 aliphatic heterocycles. The molecule has 3 heterocycles. The second-order valence-electron chi connectivity index (χ2n) is 13.5. The smallest absolute Gasteiger partial charge is 0.161 e. The van der Waals surface area contributed by atoms with Crippen molar-refractivity contribution >= 4 is 69.3 Å². The van der Waals surface area contributed by atoms with Crippen molar-refractivity contribution in [2.45, 2.75) is 6.67 Å². The summed E-state index contributed by atoms with van der Waals surface area (Å²) in [6, 6.07) is 57.5. The van der Waals surface area contributed by atoms with Crippen molar-refractivity contribution in [2.24, 2.45) is 25.0 Å². The highest BCUT2D eigenvalue weighted by Gasteiger charge is 2.19. The number of amidine groups is 2. The topological polar surface area (TPSA) is 76.6 Å². The SMILES string of the molecule is C=NC(=NC(=NC/C(=N/Cn1c2ccccc2c2ccc3c(ccn3-c3ccccc3)c21)c1ccn(-c2ccccc2)c1N=C)c1ccccc1)c1ccccc1. The minimum absolute atomic E-state index is 0.213. The van der Waals surface area contributed by atoms with Crippen LogP contribution >= 0.6 is 0 Å². The van der Waals surface area contributed by atoms with Crippen LogP contribution in [0.15, 0.2) is 207 Å². The van der Waals surface area contributed by atoms with Gasteiger partial charge in [-0.2, -0.15) is 0 Å². The summed E-state index contributed by atoms with van der Waals surface area (Å²) in [5.74, 6) is 1.69. The Kier molecular flexibility index (Phi) is 9.56. The Morgan fingerprint density at radius 1 is 0.491 bits per heavy atom. The maximum absolute atomic E-state index is 5.43. The molecule has 0 unspecified atom stereocenters. The van der Waals surface area contributed by atoms with Gasteiger partial charge in [-0.1, -0.05) is 121 Å². The number of aliphatic imine (C=N–C) groups is 5. The fraction of sp³-hybridized carbons (Fsp3) is 0.0408. The number of fused-ring (bicyclic) bond motifs is 5. The molecule has 0 radical (unpaired) electrons. The van der Waals surface area contributed by atoms with E-state index in [1.165, 1.54) is 10.8 Å². The highest BCUT2D eigenvalue weighted by Crippen LogP contribution is 2.36. The zero-order valence-corrected chi connectivity index (χ0v) is 31.2. The van der Waals surface area contributed by atoms with Crippen molar-refractivity contribution in [3.05, 3.63) is 199 Å². The molecular formula is C49H38N8. The summed E-state index contributed by atoms with van der Waals surface area (Å²) in [4.78, 5) is 24.4. The van der Waals surface area contributed by atoms with Gasteiger partial charge in [0.15, 0.2) is 11.7 Å². The van der Waals surface area contributed by atoms with Crippen LogP contribution in [0.25, 0.3) is 44.1 Å². The molecule has 0 amide bonds. The third-order valence-corrected chi connectivity index (χ3v) is 10.2. The first-order chi connectivity index (χ1) is 28.2. The molecule has 0 bridgehead atoms. The van der Waals surface area contributed by atoms with E-state index in [9.17, 15) is 0 Å². The Bertz CT molecular complexity index is 2970. The second-order valence-corrected chi connectivity index (χ2v) is 13.5. The van der Waals surface area contributed by atoms with Crippen LogP contribution in [0.4, 0.5) is 5.82 Å². The molecular weight excluding hydrogens is 701 g/mol. The van der Waals surface area contributed by atoms with E-state index in [0.29, 0.717) is 24.2 Å². The number of hydrogen-bond donors (Lipinski definition) is 0. The van der Waals surface area contributed by atoms with Gasteiger partial charge in [0, 0.05) is 56.6 Å². The van der Waals surface area contributed by atoms with Crippen LogP contribution in [-0.2, 0) is 6.67 Å². The molecule has 9 aromatic rings. The van der Waals surface area contributed by atoms with Crippen LogP contribution in [0.5, 0.6) is 0 Å². The minimum atomic E-state index is 0.213. The summed E-state index contributed by atoms with van der Waals surface area (Å²) < 4.78 is 6.58. The zero-order valence-electron chi connectivity index (χ0n) is 31.2. The van der Waals surface area contributed by atoms with Gasteiger partial charge in [0.2, 0.25) is 0 Å². The monoisotopic (exact) mass is 738 g/mol. The molecule has 0 N–H and O–H groups in total. The van der Waals surface area contributed by atoms with Crippen LogP contribution in [0.2, 0.25) is 0 Å². The number of rotatable bonds is 10. The lowest BCUT2D eigenvalue weighted by atomic mass is 10.1. The number of hydrogen-bond acceptors (Lipinski definition) is 3. The van der Waals surface area contributed by atoms with Crippen molar-refractivity contribution < 1.29 is 0 Å². The molecule has 0 spiro atoms. The lowest BCUT2D eigenvalue weighted by Gasteiger charge is -2.11. The van der Waals surface area contributed by atoms with E-state index in [0.717, 1.165) is 55.7 Å². The molecule has 0 aliphatic rings. The third-order valence-electron chi connectivity index (χ3n) is 10.2. The zero-order chi connectivity index (χ0) is 38.6.